The molecule has 0 radical (unpaired) electrons. The Morgan fingerprint density at radius 2 is 1.73 bits per heavy atom. The molecule has 1 aliphatic carbocycles. The molecule has 0 bridgehead atoms. The molecule has 2 N–H and O–H groups in total. The van der Waals surface area contributed by atoms with Gasteiger partial charge in [0, 0.05) is 12.1 Å². The van der Waals surface area contributed by atoms with E-state index in [9.17, 15) is 14.0 Å². The second kappa shape index (κ2) is 8.13. The smallest absolute Gasteiger partial charge is 0.335 e. The number of amides is 1. The zero-order valence-electron chi connectivity index (χ0n) is 14.5. The highest BCUT2D eigenvalue weighted by atomic mass is 19.1. The van der Waals surface area contributed by atoms with Crippen molar-refractivity contribution in [1.82, 2.24) is 0 Å². The average Bonchev–Trinajstić information content (AvgIpc) is 2.64. The summed E-state index contributed by atoms with van der Waals surface area (Å²) >= 11 is 0. The van der Waals surface area contributed by atoms with E-state index in [-0.39, 0.29) is 11.7 Å². The van der Waals surface area contributed by atoms with Crippen LogP contribution in [0.4, 0.5) is 10.1 Å². The van der Waals surface area contributed by atoms with E-state index in [1.165, 1.54) is 12.1 Å². The molecular weight excluding hydrogens is 333 g/mol. The molecule has 0 atom stereocenters. The van der Waals surface area contributed by atoms with Crippen LogP contribution >= 0.6 is 0 Å². The SMILES string of the molecule is O=C(C[C@H]1CC[C@@H](c2cccc(C(=O)O)c2)CC1)Nc1ccc(F)cc1. The van der Waals surface area contributed by atoms with E-state index in [0.29, 0.717) is 29.5 Å². The Kier molecular flexibility index (Phi) is 5.66. The quantitative estimate of drug-likeness (QED) is 0.807. The Bertz CT molecular complexity index is 780. The summed E-state index contributed by atoms with van der Waals surface area (Å²) in [6.45, 7) is 0. The maximum atomic E-state index is 12.9. The van der Waals surface area contributed by atoms with Gasteiger partial charge in [0.25, 0.3) is 0 Å². The number of rotatable bonds is 5. The predicted octanol–water partition coefficient (Wildman–Crippen LogP) is 4.83. The summed E-state index contributed by atoms with van der Waals surface area (Å²) in [6, 6.07) is 12.9. The lowest BCUT2D eigenvalue weighted by Crippen LogP contribution is -2.20. The molecule has 26 heavy (non-hydrogen) atoms. The van der Waals surface area contributed by atoms with Crippen molar-refractivity contribution in [3.63, 3.8) is 0 Å². The number of benzene rings is 2. The van der Waals surface area contributed by atoms with Crippen LogP contribution in [0.5, 0.6) is 0 Å². The first-order valence-corrected chi connectivity index (χ1v) is 8.90. The highest BCUT2D eigenvalue weighted by Crippen LogP contribution is 2.37. The second-order valence-corrected chi connectivity index (χ2v) is 6.91. The molecular formula is C21H22FNO3. The maximum absolute atomic E-state index is 12.9. The standard InChI is InChI=1S/C21H22FNO3/c22-18-8-10-19(11-9-18)23-20(24)12-14-4-6-15(7-5-14)16-2-1-3-17(13-16)21(25)26/h1-3,8-11,13-15H,4-7,12H2,(H,23,24)(H,25,26)/t14-,15+. The molecule has 4 nitrogen and oxygen atoms in total. The molecule has 3 rings (SSSR count). The minimum Gasteiger partial charge on any atom is -0.478 e. The van der Waals surface area contributed by atoms with Gasteiger partial charge in [-0.05, 0) is 79.5 Å². The summed E-state index contributed by atoms with van der Waals surface area (Å²) in [7, 11) is 0. The molecule has 0 aromatic heterocycles. The number of carbonyl (C=O) groups is 2. The van der Waals surface area contributed by atoms with Gasteiger partial charge < -0.3 is 10.4 Å². The fourth-order valence-corrected chi connectivity index (χ4v) is 3.63. The van der Waals surface area contributed by atoms with Gasteiger partial charge in [0.1, 0.15) is 5.82 Å². The number of halogens is 1. The number of anilines is 1. The number of nitrogens with one attached hydrogen (secondary N) is 1. The number of carboxylic acids is 1. The number of carbonyl (C=O) groups excluding carboxylic acids is 1. The monoisotopic (exact) mass is 355 g/mol. The van der Waals surface area contributed by atoms with Gasteiger partial charge in [-0.3, -0.25) is 4.79 Å². The van der Waals surface area contributed by atoms with Gasteiger partial charge in [-0.25, -0.2) is 9.18 Å². The number of hydrogen-bond acceptors (Lipinski definition) is 2. The van der Waals surface area contributed by atoms with Gasteiger partial charge in [-0.2, -0.15) is 0 Å². The van der Waals surface area contributed by atoms with Crippen molar-refractivity contribution in [2.24, 2.45) is 5.92 Å². The molecule has 1 amide bonds. The molecule has 0 aliphatic heterocycles. The van der Waals surface area contributed by atoms with Crippen molar-refractivity contribution in [1.29, 1.82) is 0 Å². The molecule has 5 heteroatoms. The van der Waals surface area contributed by atoms with Crippen LogP contribution in [0.25, 0.3) is 0 Å². The van der Waals surface area contributed by atoms with Crippen LogP contribution in [0.3, 0.4) is 0 Å². The third-order valence-corrected chi connectivity index (χ3v) is 5.05. The summed E-state index contributed by atoms with van der Waals surface area (Å²) in [5.41, 5.74) is 2.00. The van der Waals surface area contributed by atoms with Crippen LogP contribution in [-0.2, 0) is 4.79 Å². The highest BCUT2D eigenvalue weighted by molar-refractivity contribution is 5.90. The Morgan fingerprint density at radius 3 is 2.38 bits per heavy atom. The fraction of sp³-hybridized carbons (Fsp3) is 0.333. The van der Waals surface area contributed by atoms with E-state index >= 15 is 0 Å². The van der Waals surface area contributed by atoms with Crippen LogP contribution in [0.15, 0.2) is 48.5 Å². The van der Waals surface area contributed by atoms with Crippen molar-refractivity contribution >= 4 is 17.6 Å². The van der Waals surface area contributed by atoms with Crippen LogP contribution in [0.1, 0.15) is 53.9 Å². The molecule has 136 valence electrons. The highest BCUT2D eigenvalue weighted by Gasteiger charge is 2.24. The molecule has 1 aliphatic rings. The normalized spacial score (nSPS) is 19.7. The molecule has 0 heterocycles. The van der Waals surface area contributed by atoms with Crippen LogP contribution in [-0.4, -0.2) is 17.0 Å². The number of aromatic carboxylic acids is 1. The topological polar surface area (TPSA) is 66.4 Å². The molecule has 0 spiro atoms. The lowest BCUT2D eigenvalue weighted by molar-refractivity contribution is -0.117. The van der Waals surface area contributed by atoms with Crippen molar-refractivity contribution in [2.45, 2.75) is 38.0 Å². The van der Waals surface area contributed by atoms with E-state index < -0.39 is 5.97 Å². The van der Waals surface area contributed by atoms with Crippen LogP contribution in [0, 0.1) is 11.7 Å². The third-order valence-electron chi connectivity index (χ3n) is 5.05. The lowest BCUT2D eigenvalue weighted by atomic mass is 9.77. The Morgan fingerprint density at radius 1 is 1.04 bits per heavy atom. The first kappa shape index (κ1) is 18.1. The molecule has 0 unspecified atom stereocenters. The van der Waals surface area contributed by atoms with E-state index in [1.807, 2.05) is 6.07 Å². The largest absolute Gasteiger partial charge is 0.478 e. The molecule has 0 saturated heterocycles. The molecule has 1 saturated carbocycles. The van der Waals surface area contributed by atoms with Gasteiger partial charge in [-0.1, -0.05) is 12.1 Å². The predicted molar refractivity (Wildman–Crippen MR) is 97.7 cm³/mol. The minimum atomic E-state index is -0.905. The zero-order chi connectivity index (χ0) is 18.5. The number of carboxylic acid groups (broad SMARTS) is 1. The first-order valence-electron chi connectivity index (χ1n) is 8.90. The summed E-state index contributed by atoms with van der Waals surface area (Å²) < 4.78 is 12.9. The Labute approximate surface area is 152 Å². The first-order chi connectivity index (χ1) is 12.5. The molecule has 2 aromatic carbocycles. The lowest BCUT2D eigenvalue weighted by Gasteiger charge is -2.28. The molecule has 2 aromatic rings. The maximum Gasteiger partial charge on any atom is 0.335 e. The van der Waals surface area contributed by atoms with Crippen molar-refractivity contribution < 1.29 is 19.1 Å². The van der Waals surface area contributed by atoms with Gasteiger partial charge in [0.15, 0.2) is 0 Å². The van der Waals surface area contributed by atoms with E-state index in [4.69, 9.17) is 5.11 Å². The Balaban J connectivity index is 1.50. The summed E-state index contributed by atoms with van der Waals surface area (Å²) in [6.07, 6.45) is 4.26. The second-order valence-electron chi connectivity index (χ2n) is 6.91. The van der Waals surface area contributed by atoms with E-state index in [0.717, 1.165) is 31.2 Å². The van der Waals surface area contributed by atoms with Crippen molar-refractivity contribution in [3.8, 4) is 0 Å². The summed E-state index contributed by atoms with van der Waals surface area (Å²) in [5.74, 6) is -0.598. The van der Waals surface area contributed by atoms with Gasteiger partial charge in [0.2, 0.25) is 5.91 Å². The number of hydrogen-bond donors (Lipinski definition) is 2. The fourth-order valence-electron chi connectivity index (χ4n) is 3.63. The van der Waals surface area contributed by atoms with Crippen LogP contribution in [0.2, 0.25) is 0 Å². The van der Waals surface area contributed by atoms with Gasteiger partial charge >= 0.3 is 5.97 Å². The average molecular weight is 355 g/mol. The van der Waals surface area contributed by atoms with E-state index in [1.54, 1.807) is 30.3 Å². The van der Waals surface area contributed by atoms with E-state index in [2.05, 4.69) is 5.32 Å². The molecule has 1 fully saturated rings. The zero-order valence-corrected chi connectivity index (χ0v) is 14.5. The Hall–Kier alpha value is -2.69. The minimum absolute atomic E-state index is 0.0482. The van der Waals surface area contributed by atoms with Crippen molar-refractivity contribution in [2.75, 3.05) is 5.32 Å². The van der Waals surface area contributed by atoms with Gasteiger partial charge in [0.05, 0.1) is 5.56 Å². The summed E-state index contributed by atoms with van der Waals surface area (Å²) in [4.78, 5) is 23.3. The third kappa shape index (κ3) is 4.69. The summed E-state index contributed by atoms with van der Waals surface area (Å²) in [5, 5.41) is 11.9. The van der Waals surface area contributed by atoms with Gasteiger partial charge in [-0.15, -0.1) is 0 Å². The van der Waals surface area contributed by atoms with Crippen LogP contribution < -0.4 is 5.32 Å². The van der Waals surface area contributed by atoms with Crippen molar-refractivity contribution in [3.05, 3.63) is 65.5 Å².